The van der Waals surface area contributed by atoms with Crippen LogP contribution >= 0.6 is 11.3 Å². The van der Waals surface area contributed by atoms with Gasteiger partial charge in [0, 0.05) is 5.56 Å². The molecule has 4 N–H and O–H groups in total. The van der Waals surface area contributed by atoms with Gasteiger partial charge < -0.3 is 43.8 Å². The Kier molecular flexibility index (Phi) is 29.7. The van der Waals surface area contributed by atoms with Gasteiger partial charge in [0.1, 0.15) is 37.7 Å². The van der Waals surface area contributed by atoms with Crippen LogP contribution in [0, 0.1) is 0 Å². The SMILES string of the molecule is CCc1ccc(C(=O)O)cc1S(=O)(=O)Cc1cc(C(F)(F)F)ccc1-c1ccccc1.COc1ccc(C(=O)O)cc1S(=O)(=O)Cc1cc(C(F)(F)F)ccc1-c1ccoc1.COc1ccc(C(=O)O)cc1S(=O)(=O)Cc1cc(C(F)(F)F)ccc1-c1ccsc1.COc1cccc(-c2ccc(C(F)(F)F)cc2CS(=O)(=O)c2cc(C(=O)O)ccc2OC)c1. The number of alkyl halides is 12. The fraction of sp³-hybridized carbons (Fsp3) is 0.163. The molecule has 0 amide bonds. The van der Waals surface area contributed by atoms with Crippen LogP contribution < -0.4 is 18.9 Å². The van der Waals surface area contributed by atoms with E-state index in [4.69, 9.17) is 33.6 Å². The van der Waals surface area contributed by atoms with Gasteiger partial charge >= 0.3 is 48.6 Å². The Labute approximate surface area is 704 Å². The molecule has 0 bridgehead atoms. The van der Waals surface area contributed by atoms with E-state index in [2.05, 4.69) is 0 Å². The molecule has 12 rings (SSSR count). The third-order valence-corrected chi connectivity index (χ3v) is 26.0. The first-order valence-electron chi connectivity index (χ1n) is 35.6. The van der Waals surface area contributed by atoms with Crippen molar-refractivity contribution in [3.8, 4) is 67.5 Å². The van der Waals surface area contributed by atoms with Gasteiger partial charge in [0.25, 0.3) is 0 Å². The van der Waals surface area contributed by atoms with Crippen LogP contribution in [0.25, 0.3) is 44.5 Å². The van der Waals surface area contributed by atoms with Gasteiger partial charge in [0.2, 0.25) is 0 Å². The summed E-state index contributed by atoms with van der Waals surface area (Å²) in [6.45, 7) is 1.72. The molecule has 124 heavy (non-hydrogen) atoms. The molecule has 2 aromatic heterocycles. The highest BCUT2D eigenvalue weighted by atomic mass is 32.2. The maximum Gasteiger partial charge on any atom is 0.416 e. The lowest BCUT2D eigenvalue weighted by Crippen LogP contribution is -2.12. The molecule has 0 radical (unpaired) electrons. The molecule has 10 aromatic carbocycles. The summed E-state index contributed by atoms with van der Waals surface area (Å²) in [5, 5.41) is 40.2. The van der Waals surface area contributed by atoms with Crippen LogP contribution in [0.5, 0.6) is 23.0 Å². The van der Waals surface area contributed by atoms with E-state index in [0.29, 0.717) is 51.1 Å². The number of halogens is 12. The number of rotatable bonds is 25. The van der Waals surface area contributed by atoms with E-state index in [-0.39, 0.29) is 77.8 Å². The van der Waals surface area contributed by atoms with Gasteiger partial charge in [-0.1, -0.05) is 79.7 Å². The van der Waals surface area contributed by atoms with E-state index in [0.717, 1.165) is 72.8 Å². The minimum absolute atomic E-state index is 0.0104. The molecular weight excluding hydrogens is 1760 g/mol. The topological polar surface area (TPSA) is 336 Å². The first kappa shape index (κ1) is 95.1. The number of carbonyl (C=O) groups is 4. The number of carboxylic acids is 4. The number of furan rings is 1. The summed E-state index contributed by atoms with van der Waals surface area (Å²) in [5.41, 5.74) is -1.66. The molecule has 0 atom stereocenters. The summed E-state index contributed by atoms with van der Waals surface area (Å²) in [5.74, 6) is -8.31. The summed E-state index contributed by atoms with van der Waals surface area (Å²) in [6.07, 6.45) is -15.7. The van der Waals surface area contributed by atoms with Gasteiger partial charge in [-0.05, 0) is 223 Å². The Morgan fingerprint density at radius 3 is 0.984 bits per heavy atom. The van der Waals surface area contributed by atoms with Crippen molar-refractivity contribution in [2.24, 2.45) is 0 Å². The van der Waals surface area contributed by atoms with E-state index < -0.39 is 148 Å². The van der Waals surface area contributed by atoms with Crippen molar-refractivity contribution in [1.82, 2.24) is 0 Å². The Morgan fingerprint density at radius 1 is 0.339 bits per heavy atom. The average Bonchev–Trinajstić information content (AvgIpc) is 0.891. The molecule has 0 aliphatic rings. The van der Waals surface area contributed by atoms with Crippen LogP contribution in [0.1, 0.15) is 98.4 Å². The lowest BCUT2D eigenvalue weighted by atomic mass is 9.98. The van der Waals surface area contributed by atoms with Crippen molar-refractivity contribution in [2.75, 3.05) is 28.4 Å². The quantitative estimate of drug-likeness (QED) is 0.0386. The average molecular weight is 1830 g/mol. The highest BCUT2D eigenvalue weighted by Gasteiger charge is 2.38. The normalized spacial score (nSPS) is 11.9. The Hall–Kier alpha value is -12.8. The van der Waals surface area contributed by atoms with E-state index in [1.54, 1.807) is 78.3 Å². The number of thiophene rings is 1. The molecule has 0 aliphatic heterocycles. The molecule has 0 fully saturated rings. The Balaban J connectivity index is 0.000000187. The highest BCUT2D eigenvalue weighted by Crippen LogP contribution is 2.43. The van der Waals surface area contributed by atoms with Crippen LogP contribution in [0.4, 0.5) is 52.7 Å². The molecule has 0 saturated heterocycles. The van der Waals surface area contributed by atoms with E-state index in [1.165, 1.54) is 131 Å². The van der Waals surface area contributed by atoms with Crippen molar-refractivity contribution >= 4 is 74.6 Å². The second kappa shape index (κ2) is 38.7. The fourth-order valence-corrected chi connectivity index (χ4v) is 19.6. The maximum atomic E-state index is 13.4. The number of methoxy groups -OCH3 is 4. The molecule has 652 valence electrons. The summed E-state index contributed by atoms with van der Waals surface area (Å²) < 4.78 is 290. The van der Waals surface area contributed by atoms with Crippen LogP contribution in [-0.2, 0) is 93.5 Å². The Morgan fingerprint density at radius 2 is 0.669 bits per heavy atom. The first-order valence-corrected chi connectivity index (χ1v) is 43.2. The second-order valence-electron chi connectivity index (χ2n) is 26.6. The minimum atomic E-state index is -4.69. The predicted octanol–water partition coefficient (Wildman–Crippen LogP) is 20.4. The number of aryl methyl sites for hydroxylation is 1. The third kappa shape index (κ3) is 23.5. The van der Waals surface area contributed by atoms with Crippen molar-refractivity contribution in [3.63, 3.8) is 0 Å². The molecule has 0 spiro atoms. The molecule has 21 nitrogen and oxygen atoms in total. The molecule has 0 unspecified atom stereocenters. The largest absolute Gasteiger partial charge is 0.497 e. The first-order chi connectivity index (χ1) is 58.0. The number of hydrogen-bond acceptors (Lipinski definition) is 18. The minimum Gasteiger partial charge on any atom is -0.497 e. The monoisotopic (exact) mass is 1820 g/mol. The van der Waals surface area contributed by atoms with Crippen LogP contribution in [0.2, 0.25) is 0 Å². The molecule has 12 aromatic rings. The lowest BCUT2D eigenvalue weighted by Gasteiger charge is -2.16. The molecule has 0 saturated carbocycles. The van der Waals surface area contributed by atoms with E-state index in [1.807, 2.05) is 0 Å². The molecular formula is C86H68F12O21S5. The zero-order chi connectivity index (χ0) is 91.4. The third-order valence-electron chi connectivity index (χ3n) is 18.5. The van der Waals surface area contributed by atoms with Gasteiger partial charge in [0.05, 0.1) is 113 Å². The standard InChI is InChI=1S/C23H19F3O6S.C23H19F3O4S.C20H15F3O6S.C20H15F3O5S2/c1-31-18-5-3-4-14(11-18)19-8-7-17(23(24,25)26)10-16(19)13-33(29,30)21-12-15(22(27)28)6-9-20(21)32-2;1-2-15-8-9-17(22(27)28)13-21(15)31(29,30)14-18-12-19(23(24,25)26)10-11-20(18)16-6-4-3-5-7-16;2*1-28-17-5-2-12(19(24)25)9-18(17)30(26,27)11-14-8-15(20(21,22)23)3-4-16(14)13-6-7-29-10-13/h3-12H,13H2,1-2H3,(H,27,28);3-13H,2,14H2,1H3,(H,27,28);2*2-10H,11H2,1H3,(H,24,25). The van der Waals surface area contributed by atoms with Crippen molar-refractivity contribution < 1.29 is 149 Å². The lowest BCUT2D eigenvalue weighted by molar-refractivity contribution is -0.138. The van der Waals surface area contributed by atoms with Gasteiger partial charge in [-0.15, -0.1) is 0 Å². The van der Waals surface area contributed by atoms with Crippen molar-refractivity contribution in [3.05, 3.63) is 308 Å². The number of aromatic carboxylic acids is 4. The van der Waals surface area contributed by atoms with Gasteiger partial charge in [-0.2, -0.15) is 64.0 Å². The number of hydrogen-bond donors (Lipinski definition) is 4. The summed E-state index contributed by atoms with van der Waals surface area (Å²) in [7, 11) is -11.9. The molecule has 2 heterocycles. The zero-order valence-electron chi connectivity index (χ0n) is 64.9. The predicted molar refractivity (Wildman–Crippen MR) is 430 cm³/mol. The van der Waals surface area contributed by atoms with Crippen LogP contribution in [0.3, 0.4) is 0 Å². The van der Waals surface area contributed by atoms with Crippen LogP contribution in [0.15, 0.2) is 260 Å². The highest BCUT2D eigenvalue weighted by molar-refractivity contribution is 7.91. The van der Waals surface area contributed by atoms with E-state index >= 15 is 0 Å². The number of ether oxygens (including phenoxy) is 4. The van der Waals surface area contributed by atoms with E-state index in [9.17, 15) is 116 Å². The number of carboxylic acid groups (broad SMARTS) is 4. The summed E-state index contributed by atoms with van der Waals surface area (Å²) in [6, 6.07) is 43.4. The second-order valence-corrected chi connectivity index (χ2v) is 35.2. The maximum absolute atomic E-state index is 13.4. The smallest absolute Gasteiger partial charge is 0.416 e. The van der Waals surface area contributed by atoms with Gasteiger partial charge in [0.15, 0.2) is 39.3 Å². The van der Waals surface area contributed by atoms with Gasteiger partial charge in [-0.25, -0.2) is 52.8 Å². The van der Waals surface area contributed by atoms with Gasteiger partial charge in [-0.3, -0.25) is 0 Å². The molecule has 38 heteroatoms. The van der Waals surface area contributed by atoms with Crippen molar-refractivity contribution in [2.45, 2.75) is 80.6 Å². The number of sulfone groups is 4. The summed E-state index contributed by atoms with van der Waals surface area (Å²) >= 11 is 1.32. The summed E-state index contributed by atoms with van der Waals surface area (Å²) in [4.78, 5) is 43.7. The van der Waals surface area contributed by atoms with Crippen LogP contribution in [-0.4, -0.2) is 106 Å². The number of benzene rings is 10. The zero-order valence-corrected chi connectivity index (χ0v) is 68.9. The molecule has 0 aliphatic carbocycles. The fourth-order valence-electron chi connectivity index (χ4n) is 12.5. The van der Waals surface area contributed by atoms with Crippen molar-refractivity contribution in [1.29, 1.82) is 0 Å². The Bertz CT molecular complexity index is 6240.